The van der Waals surface area contributed by atoms with Crippen LogP contribution in [0.25, 0.3) is 0 Å². The molecule has 1 saturated carbocycles. The lowest BCUT2D eigenvalue weighted by Gasteiger charge is -2.24. The minimum Gasteiger partial charge on any atom is -0.493 e. The number of nitrogens with one attached hydrogen (secondary N) is 1. The maximum Gasteiger partial charge on any atom is 0.330 e. The molecule has 6 nitrogen and oxygen atoms in total. The monoisotopic (exact) mass is 365 g/mol. The first-order chi connectivity index (χ1) is 12.0. The first-order valence-electron chi connectivity index (χ1n) is 8.52. The minimum absolute atomic E-state index is 0.194. The Kier molecular flexibility index (Phi) is 5.42. The Morgan fingerprint density at radius 2 is 2.04 bits per heavy atom. The van der Waals surface area contributed by atoms with E-state index in [4.69, 9.17) is 9.47 Å². The van der Waals surface area contributed by atoms with Crippen LogP contribution in [-0.4, -0.2) is 47.2 Å². The van der Waals surface area contributed by atoms with E-state index in [0.29, 0.717) is 29.2 Å². The number of methoxy groups -OCH3 is 1. The number of amides is 1. The predicted molar refractivity (Wildman–Crippen MR) is 95.7 cm³/mol. The fourth-order valence-corrected chi connectivity index (χ4v) is 4.59. The van der Waals surface area contributed by atoms with Crippen molar-refractivity contribution in [1.82, 2.24) is 5.32 Å². The van der Waals surface area contributed by atoms with Crippen molar-refractivity contribution >= 4 is 23.6 Å². The molecule has 1 amide bonds. The third-order valence-electron chi connectivity index (χ3n) is 4.81. The van der Waals surface area contributed by atoms with Gasteiger partial charge >= 0.3 is 5.97 Å². The number of thioether (sulfide) groups is 1. The number of carbonyl (C=O) groups excluding carboxylic acids is 1. The van der Waals surface area contributed by atoms with Crippen LogP contribution in [0.4, 0.5) is 0 Å². The number of aliphatic carboxylic acids is 1. The molecule has 1 aromatic rings. The Hall–Kier alpha value is -1.89. The number of ether oxygens (including phenoxy) is 2. The molecular weight excluding hydrogens is 342 g/mol. The van der Waals surface area contributed by atoms with Crippen LogP contribution in [0.15, 0.2) is 18.2 Å². The van der Waals surface area contributed by atoms with Gasteiger partial charge in [0, 0.05) is 11.3 Å². The first-order valence-corrected chi connectivity index (χ1v) is 9.68. The molecule has 7 heteroatoms. The summed E-state index contributed by atoms with van der Waals surface area (Å²) in [4.78, 5) is 24.1. The van der Waals surface area contributed by atoms with E-state index >= 15 is 0 Å². The smallest absolute Gasteiger partial charge is 0.330 e. The van der Waals surface area contributed by atoms with Gasteiger partial charge in [0.15, 0.2) is 11.5 Å². The van der Waals surface area contributed by atoms with Gasteiger partial charge in [0.05, 0.1) is 13.2 Å². The average molecular weight is 365 g/mol. The van der Waals surface area contributed by atoms with E-state index in [2.05, 4.69) is 5.32 Å². The van der Waals surface area contributed by atoms with Crippen molar-refractivity contribution in [3.05, 3.63) is 23.8 Å². The second-order valence-corrected chi connectivity index (χ2v) is 7.64. The van der Waals surface area contributed by atoms with Crippen molar-refractivity contribution in [1.29, 1.82) is 0 Å². The third kappa shape index (κ3) is 3.86. The van der Waals surface area contributed by atoms with E-state index in [1.807, 2.05) is 0 Å². The van der Waals surface area contributed by atoms with E-state index in [0.717, 1.165) is 18.6 Å². The Morgan fingerprint density at radius 1 is 1.28 bits per heavy atom. The van der Waals surface area contributed by atoms with Crippen molar-refractivity contribution in [3.63, 3.8) is 0 Å². The van der Waals surface area contributed by atoms with Crippen molar-refractivity contribution in [2.24, 2.45) is 0 Å². The van der Waals surface area contributed by atoms with Crippen LogP contribution in [0.1, 0.15) is 42.5 Å². The van der Waals surface area contributed by atoms with Crippen LogP contribution in [0.5, 0.6) is 11.5 Å². The molecule has 0 radical (unpaired) electrons. The number of hydrogen-bond acceptors (Lipinski definition) is 5. The molecule has 2 N–H and O–H groups in total. The Bertz CT molecular complexity index is 651. The highest BCUT2D eigenvalue weighted by Gasteiger charge is 2.43. The molecule has 25 heavy (non-hydrogen) atoms. The lowest BCUT2D eigenvalue weighted by Crippen LogP contribution is -2.54. The second-order valence-electron chi connectivity index (χ2n) is 6.53. The van der Waals surface area contributed by atoms with Gasteiger partial charge in [0.25, 0.3) is 5.91 Å². The number of benzene rings is 1. The van der Waals surface area contributed by atoms with Gasteiger partial charge in [-0.1, -0.05) is 0 Å². The van der Waals surface area contributed by atoms with Crippen LogP contribution in [0.3, 0.4) is 0 Å². The van der Waals surface area contributed by atoms with Crippen molar-refractivity contribution in [3.8, 4) is 11.5 Å². The molecule has 2 fully saturated rings. The summed E-state index contributed by atoms with van der Waals surface area (Å²) in [5, 5.41) is 12.2. The van der Waals surface area contributed by atoms with Gasteiger partial charge in [-0.3, -0.25) is 4.79 Å². The van der Waals surface area contributed by atoms with Crippen LogP contribution in [0.2, 0.25) is 0 Å². The van der Waals surface area contributed by atoms with Crippen LogP contribution < -0.4 is 14.8 Å². The normalized spacial score (nSPS) is 23.4. The molecule has 1 atom stereocenters. The summed E-state index contributed by atoms with van der Waals surface area (Å²) < 4.78 is 11.3. The highest BCUT2D eigenvalue weighted by Crippen LogP contribution is 2.33. The van der Waals surface area contributed by atoms with Crippen molar-refractivity contribution in [2.75, 3.05) is 18.6 Å². The quantitative estimate of drug-likeness (QED) is 0.806. The summed E-state index contributed by atoms with van der Waals surface area (Å²) in [7, 11) is 1.53. The molecule has 1 aliphatic carbocycles. The maximum absolute atomic E-state index is 12.6. The van der Waals surface area contributed by atoms with E-state index < -0.39 is 17.4 Å². The van der Waals surface area contributed by atoms with Gasteiger partial charge in [-0.15, -0.1) is 0 Å². The lowest BCUT2D eigenvalue weighted by molar-refractivity contribution is -0.143. The lowest BCUT2D eigenvalue weighted by atomic mass is 9.98. The molecule has 0 bridgehead atoms. The summed E-state index contributed by atoms with van der Waals surface area (Å²) in [6.45, 7) is 0. The van der Waals surface area contributed by atoms with Crippen molar-refractivity contribution < 1.29 is 24.2 Å². The van der Waals surface area contributed by atoms with Gasteiger partial charge in [-0.05, 0) is 56.1 Å². The average Bonchev–Trinajstić information content (AvgIpc) is 3.27. The molecular formula is C18H23NO5S. The summed E-state index contributed by atoms with van der Waals surface area (Å²) in [5.41, 5.74) is -0.818. The van der Waals surface area contributed by atoms with E-state index in [9.17, 15) is 14.7 Å². The van der Waals surface area contributed by atoms with E-state index in [1.165, 1.54) is 31.7 Å². The highest BCUT2D eigenvalue weighted by atomic mass is 32.2. The minimum atomic E-state index is -1.19. The zero-order valence-corrected chi connectivity index (χ0v) is 15.1. The standard InChI is InChI=1S/C18H23NO5S/c1-23-15-10-12(6-7-14(15)24-13-4-2-3-5-13)16(20)19-18(17(21)22)8-9-25-11-18/h6-7,10,13H,2-5,8-9,11H2,1H3,(H,19,20)(H,21,22). The summed E-state index contributed by atoms with van der Waals surface area (Å²) in [6.07, 6.45) is 5.03. The first kappa shape index (κ1) is 17.9. The van der Waals surface area contributed by atoms with Gasteiger partial charge in [-0.2, -0.15) is 11.8 Å². The molecule has 1 saturated heterocycles. The Balaban J connectivity index is 1.75. The largest absolute Gasteiger partial charge is 0.493 e. The molecule has 2 aliphatic rings. The fourth-order valence-electron chi connectivity index (χ4n) is 3.27. The molecule has 1 aliphatic heterocycles. The fraction of sp³-hybridized carbons (Fsp3) is 0.556. The summed E-state index contributed by atoms with van der Waals surface area (Å²) in [6, 6.07) is 4.99. The van der Waals surface area contributed by atoms with Gasteiger partial charge < -0.3 is 19.9 Å². The van der Waals surface area contributed by atoms with Crippen LogP contribution in [-0.2, 0) is 4.79 Å². The predicted octanol–water partition coefficient (Wildman–Crippen LogP) is 2.71. The van der Waals surface area contributed by atoms with Crippen molar-refractivity contribution in [2.45, 2.75) is 43.7 Å². The number of carboxylic acids is 1. The van der Waals surface area contributed by atoms with Gasteiger partial charge in [0.2, 0.25) is 0 Å². The van der Waals surface area contributed by atoms with Crippen LogP contribution in [0, 0.1) is 0 Å². The molecule has 3 rings (SSSR count). The molecule has 0 spiro atoms. The number of hydrogen-bond donors (Lipinski definition) is 2. The summed E-state index contributed by atoms with van der Waals surface area (Å²) >= 11 is 1.53. The molecule has 136 valence electrons. The zero-order valence-electron chi connectivity index (χ0n) is 14.2. The summed E-state index contributed by atoms with van der Waals surface area (Å²) in [5.74, 6) is 0.827. The number of carbonyl (C=O) groups is 2. The molecule has 1 heterocycles. The molecule has 0 aromatic heterocycles. The van der Waals surface area contributed by atoms with Gasteiger partial charge in [0.1, 0.15) is 5.54 Å². The second kappa shape index (κ2) is 7.56. The third-order valence-corrected chi connectivity index (χ3v) is 6.00. The Labute approximate surface area is 151 Å². The van der Waals surface area contributed by atoms with Gasteiger partial charge in [-0.25, -0.2) is 4.79 Å². The number of rotatable bonds is 6. The SMILES string of the molecule is COc1cc(C(=O)NC2(C(=O)O)CCSC2)ccc1OC1CCCC1. The molecule has 1 aromatic carbocycles. The van der Waals surface area contributed by atoms with Crippen LogP contribution >= 0.6 is 11.8 Å². The number of carboxylic acid groups (broad SMARTS) is 1. The topological polar surface area (TPSA) is 84.9 Å². The maximum atomic E-state index is 12.6. The highest BCUT2D eigenvalue weighted by molar-refractivity contribution is 7.99. The van der Waals surface area contributed by atoms with E-state index in [1.54, 1.807) is 18.2 Å². The molecule has 1 unspecified atom stereocenters. The Morgan fingerprint density at radius 3 is 2.64 bits per heavy atom. The zero-order chi connectivity index (χ0) is 17.9. The van der Waals surface area contributed by atoms with E-state index in [-0.39, 0.29) is 6.10 Å².